The van der Waals surface area contributed by atoms with Crippen molar-refractivity contribution in [3.05, 3.63) is 24.3 Å². The molecule has 0 fully saturated rings. The lowest BCUT2D eigenvalue weighted by Gasteiger charge is -2.18. The van der Waals surface area contributed by atoms with Gasteiger partial charge in [0.1, 0.15) is 6.10 Å². The summed E-state index contributed by atoms with van der Waals surface area (Å²) < 4.78 is 17.9. The van der Waals surface area contributed by atoms with Crippen molar-refractivity contribution in [2.24, 2.45) is 11.8 Å². The molecule has 1 aliphatic rings. The highest BCUT2D eigenvalue weighted by molar-refractivity contribution is 5.91. The first-order valence-corrected chi connectivity index (χ1v) is 9.19. The summed E-state index contributed by atoms with van der Waals surface area (Å²) in [6.45, 7) is 3.63. The molecule has 136 valence electrons. The van der Waals surface area contributed by atoms with Crippen LogP contribution in [0, 0.1) is 11.8 Å². The molecule has 3 atom stereocenters. The molecule has 0 saturated carbocycles. The smallest absolute Gasteiger partial charge is 0.306 e. The van der Waals surface area contributed by atoms with E-state index in [4.69, 9.17) is 4.74 Å². The van der Waals surface area contributed by atoms with E-state index >= 15 is 0 Å². The molecule has 1 rings (SSSR count). The second kappa shape index (κ2) is 12.0. The minimum absolute atomic E-state index is 0.0248. The summed E-state index contributed by atoms with van der Waals surface area (Å²) in [6, 6.07) is 0. The van der Waals surface area contributed by atoms with Crippen molar-refractivity contribution < 1.29 is 18.7 Å². The number of carbonyl (C=O) groups excluding carboxylic acids is 2. The van der Waals surface area contributed by atoms with E-state index in [0.29, 0.717) is 18.8 Å². The van der Waals surface area contributed by atoms with E-state index in [2.05, 4.69) is 6.92 Å². The van der Waals surface area contributed by atoms with Crippen LogP contribution >= 0.6 is 0 Å². The van der Waals surface area contributed by atoms with E-state index in [0.717, 1.165) is 32.1 Å². The number of esters is 1. The summed E-state index contributed by atoms with van der Waals surface area (Å²) in [5, 5.41) is 0. The Morgan fingerprint density at radius 3 is 2.75 bits per heavy atom. The van der Waals surface area contributed by atoms with Crippen LogP contribution in [-0.4, -0.2) is 24.5 Å². The average Bonchev–Trinajstić information content (AvgIpc) is 2.56. The normalized spacial score (nSPS) is 30.5. The van der Waals surface area contributed by atoms with Crippen molar-refractivity contribution in [3.8, 4) is 0 Å². The fourth-order valence-electron chi connectivity index (χ4n) is 3.02. The van der Waals surface area contributed by atoms with Gasteiger partial charge in [-0.3, -0.25) is 14.0 Å². The van der Waals surface area contributed by atoms with E-state index in [-0.39, 0.29) is 24.1 Å². The third-order valence-corrected chi connectivity index (χ3v) is 4.63. The number of ether oxygens (including phenoxy) is 1. The molecule has 4 heteroatoms. The number of allylic oxidation sites excluding steroid dienone is 3. The zero-order chi connectivity index (χ0) is 17.8. The number of cyclic esters (lactones) is 1. The first-order valence-electron chi connectivity index (χ1n) is 9.19. The fraction of sp³-hybridized carbons (Fsp3) is 0.700. The number of hydrogen-bond acceptors (Lipinski definition) is 3. The zero-order valence-electron chi connectivity index (χ0n) is 15.0. The van der Waals surface area contributed by atoms with Gasteiger partial charge in [-0.15, -0.1) is 0 Å². The van der Waals surface area contributed by atoms with E-state index in [1.165, 1.54) is 0 Å². The molecule has 0 aromatic carbocycles. The highest BCUT2D eigenvalue weighted by Gasteiger charge is 2.17. The highest BCUT2D eigenvalue weighted by Crippen LogP contribution is 2.23. The minimum Gasteiger partial charge on any atom is -0.462 e. The van der Waals surface area contributed by atoms with Crippen molar-refractivity contribution in [2.45, 2.75) is 71.3 Å². The SMILES string of the molecule is CC[C@@H]1CCCCC(=O)O[C@H](CCF)C/C=C/C=C/C(=O)[C@H](C)C1. The quantitative estimate of drug-likeness (QED) is 0.683. The Hall–Kier alpha value is -1.45. The molecular formula is C20H31FO3. The van der Waals surface area contributed by atoms with Gasteiger partial charge < -0.3 is 4.74 Å². The van der Waals surface area contributed by atoms with Crippen LogP contribution in [0.15, 0.2) is 24.3 Å². The van der Waals surface area contributed by atoms with Gasteiger partial charge in [0.15, 0.2) is 5.78 Å². The number of halogens is 1. The van der Waals surface area contributed by atoms with Gasteiger partial charge in [-0.1, -0.05) is 51.3 Å². The van der Waals surface area contributed by atoms with Crippen molar-refractivity contribution in [1.29, 1.82) is 0 Å². The average molecular weight is 338 g/mol. The van der Waals surface area contributed by atoms with E-state index < -0.39 is 12.8 Å². The second-order valence-electron chi connectivity index (χ2n) is 6.67. The molecule has 0 unspecified atom stereocenters. The maximum absolute atomic E-state index is 12.6. The minimum atomic E-state index is -0.504. The van der Waals surface area contributed by atoms with Crippen molar-refractivity contribution >= 4 is 11.8 Å². The van der Waals surface area contributed by atoms with Crippen LogP contribution in [0.25, 0.3) is 0 Å². The van der Waals surface area contributed by atoms with E-state index in [1.807, 2.05) is 13.0 Å². The molecule has 1 heterocycles. The van der Waals surface area contributed by atoms with Crippen molar-refractivity contribution in [2.75, 3.05) is 6.67 Å². The van der Waals surface area contributed by atoms with Gasteiger partial charge >= 0.3 is 5.97 Å². The summed E-state index contributed by atoms with van der Waals surface area (Å²) in [6.07, 6.45) is 12.3. The number of ketones is 1. The Bertz CT molecular complexity index is 442. The Kier molecular flexibility index (Phi) is 10.3. The molecule has 0 radical (unpaired) electrons. The summed E-state index contributed by atoms with van der Waals surface area (Å²) >= 11 is 0. The Labute approximate surface area is 145 Å². The van der Waals surface area contributed by atoms with Crippen LogP contribution in [0.1, 0.15) is 65.2 Å². The maximum atomic E-state index is 12.6. The Morgan fingerprint density at radius 2 is 2.04 bits per heavy atom. The first-order chi connectivity index (χ1) is 11.6. The predicted octanol–water partition coefficient (Wildman–Crippen LogP) is 4.96. The van der Waals surface area contributed by atoms with Gasteiger partial charge in [-0.05, 0) is 24.8 Å². The molecule has 0 aliphatic carbocycles. The summed E-state index contributed by atoms with van der Waals surface area (Å²) in [5.41, 5.74) is 0. The zero-order valence-corrected chi connectivity index (χ0v) is 15.0. The highest BCUT2D eigenvalue weighted by atomic mass is 19.1. The summed E-state index contributed by atoms with van der Waals surface area (Å²) in [7, 11) is 0. The van der Waals surface area contributed by atoms with Gasteiger partial charge in [-0.25, -0.2) is 0 Å². The van der Waals surface area contributed by atoms with Crippen LogP contribution in [-0.2, 0) is 14.3 Å². The van der Waals surface area contributed by atoms with Crippen molar-refractivity contribution in [1.82, 2.24) is 0 Å². The molecule has 0 saturated heterocycles. The Balaban J connectivity index is 2.74. The van der Waals surface area contributed by atoms with Crippen LogP contribution < -0.4 is 0 Å². The third-order valence-electron chi connectivity index (χ3n) is 4.63. The van der Waals surface area contributed by atoms with Gasteiger partial charge in [-0.2, -0.15) is 0 Å². The third kappa shape index (κ3) is 8.42. The first kappa shape index (κ1) is 20.6. The molecule has 0 aromatic rings. The van der Waals surface area contributed by atoms with E-state index in [9.17, 15) is 14.0 Å². The molecule has 0 spiro atoms. The monoisotopic (exact) mass is 338 g/mol. The van der Waals surface area contributed by atoms with Crippen LogP contribution in [0.4, 0.5) is 4.39 Å². The Morgan fingerprint density at radius 1 is 1.25 bits per heavy atom. The molecule has 0 N–H and O–H groups in total. The lowest BCUT2D eigenvalue weighted by molar-refractivity contribution is -0.149. The molecule has 0 bridgehead atoms. The number of rotatable bonds is 3. The van der Waals surface area contributed by atoms with E-state index in [1.54, 1.807) is 18.2 Å². The predicted molar refractivity (Wildman–Crippen MR) is 94.4 cm³/mol. The van der Waals surface area contributed by atoms with Crippen molar-refractivity contribution in [3.63, 3.8) is 0 Å². The molecule has 0 aromatic heterocycles. The molecule has 24 heavy (non-hydrogen) atoms. The van der Waals surface area contributed by atoms with Gasteiger partial charge in [0.25, 0.3) is 0 Å². The number of hydrogen-bond donors (Lipinski definition) is 0. The fourth-order valence-corrected chi connectivity index (χ4v) is 3.02. The second-order valence-corrected chi connectivity index (χ2v) is 6.67. The van der Waals surface area contributed by atoms with Gasteiger partial charge in [0.2, 0.25) is 0 Å². The maximum Gasteiger partial charge on any atom is 0.306 e. The number of carbonyl (C=O) groups is 2. The lowest BCUT2D eigenvalue weighted by Crippen LogP contribution is -2.18. The van der Waals surface area contributed by atoms with Gasteiger partial charge in [0.05, 0.1) is 6.67 Å². The molecule has 1 aliphatic heterocycles. The molecule has 3 nitrogen and oxygen atoms in total. The molecular weight excluding hydrogens is 307 g/mol. The summed E-state index contributed by atoms with van der Waals surface area (Å²) in [4.78, 5) is 24.0. The topological polar surface area (TPSA) is 43.4 Å². The lowest BCUT2D eigenvalue weighted by atomic mass is 9.87. The van der Waals surface area contributed by atoms with Crippen LogP contribution in [0.2, 0.25) is 0 Å². The standard InChI is InChI=1S/C20H31FO3/c1-3-17-9-7-8-12-20(23)24-18(13-14-21)10-5-4-6-11-19(22)16(2)15-17/h4-6,11,16-18H,3,7-10,12-15H2,1-2H3/b5-4+,11-6+/t16-,17-,18+/m1/s1. The number of alkyl halides is 1. The summed E-state index contributed by atoms with van der Waals surface area (Å²) in [5.74, 6) is 0.450. The largest absolute Gasteiger partial charge is 0.462 e. The van der Waals surface area contributed by atoms with Gasteiger partial charge in [0, 0.05) is 25.2 Å². The molecule has 0 amide bonds. The van der Waals surface area contributed by atoms with Crippen LogP contribution in [0.3, 0.4) is 0 Å². The van der Waals surface area contributed by atoms with Crippen LogP contribution in [0.5, 0.6) is 0 Å².